The minimum Gasteiger partial charge on any atom is -0.274 e. The molecule has 0 bridgehead atoms. The first-order valence-corrected chi connectivity index (χ1v) is 8.25. The molecule has 0 spiro atoms. The van der Waals surface area contributed by atoms with E-state index in [-0.39, 0.29) is 9.23 Å². The first kappa shape index (κ1) is 14.7. The molecule has 0 radical (unpaired) electrons. The Morgan fingerprint density at radius 3 is 2.53 bits per heavy atom. The van der Waals surface area contributed by atoms with Crippen molar-refractivity contribution in [2.45, 2.75) is 4.21 Å². The fraction of sp³-hybridized carbons (Fsp3) is 0. The summed E-state index contributed by atoms with van der Waals surface area (Å²) in [5.74, 6) is -1.97. The van der Waals surface area contributed by atoms with E-state index < -0.39 is 27.3 Å². The second kappa shape index (κ2) is 5.35. The maximum absolute atomic E-state index is 13.5. The van der Waals surface area contributed by atoms with Crippen LogP contribution in [0.1, 0.15) is 0 Å². The summed E-state index contributed by atoms with van der Waals surface area (Å²) < 4.78 is 52.8. The summed E-state index contributed by atoms with van der Waals surface area (Å²) in [6.07, 6.45) is 0. The van der Waals surface area contributed by atoms with Gasteiger partial charge in [0.1, 0.15) is 11.5 Å². The van der Waals surface area contributed by atoms with Crippen molar-refractivity contribution in [2.75, 3.05) is 4.72 Å². The number of rotatable bonds is 3. The molecule has 102 valence electrons. The second-order valence-corrected chi connectivity index (χ2v) is 7.46. The van der Waals surface area contributed by atoms with Crippen molar-refractivity contribution < 1.29 is 17.2 Å². The number of anilines is 1. The molecule has 0 aliphatic carbocycles. The Morgan fingerprint density at radius 1 is 1.32 bits per heavy atom. The van der Waals surface area contributed by atoms with Crippen molar-refractivity contribution in [2.24, 2.45) is 0 Å². The highest BCUT2D eigenvalue weighted by Crippen LogP contribution is 2.32. The van der Waals surface area contributed by atoms with Crippen molar-refractivity contribution in [1.29, 1.82) is 0 Å². The van der Waals surface area contributed by atoms with Gasteiger partial charge in [0, 0.05) is 10.5 Å². The molecule has 1 aromatic carbocycles. The molecule has 3 nitrogen and oxygen atoms in total. The average Bonchev–Trinajstić information content (AvgIpc) is 2.70. The molecule has 19 heavy (non-hydrogen) atoms. The minimum absolute atomic E-state index is 0.0210. The van der Waals surface area contributed by atoms with Gasteiger partial charge in [0.05, 0.1) is 5.02 Å². The van der Waals surface area contributed by atoms with Crippen LogP contribution in [0.4, 0.5) is 14.5 Å². The third-order valence-corrected chi connectivity index (χ3v) is 6.39. The first-order chi connectivity index (χ1) is 8.81. The van der Waals surface area contributed by atoms with Gasteiger partial charge in [0.2, 0.25) is 0 Å². The number of benzene rings is 1. The van der Waals surface area contributed by atoms with E-state index in [1.807, 2.05) is 4.72 Å². The number of hydrogen-bond donors (Lipinski definition) is 1. The quantitative estimate of drug-likeness (QED) is 0.855. The molecular weight excluding hydrogens is 384 g/mol. The molecule has 2 rings (SSSR count). The fourth-order valence-corrected chi connectivity index (χ4v) is 5.02. The van der Waals surface area contributed by atoms with E-state index in [0.29, 0.717) is 10.5 Å². The van der Waals surface area contributed by atoms with E-state index in [4.69, 9.17) is 11.6 Å². The molecule has 0 aliphatic heterocycles. The molecule has 0 atom stereocenters. The van der Waals surface area contributed by atoms with Crippen LogP contribution in [0.15, 0.2) is 32.3 Å². The van der Waals surface area contributed by atoms with Crippen LogP contribution >= 0.6 is 38.9 Å². The van der Waals surface area contributed by atoms with Crippen LogP contribution in [0.3, 0.4) is 0 Å². The van der Waals surface area contributed by atoms with E-state index in [1.165, 1.54) is 0 Å². The van der Waals surface area contributed by atoms with Gasteiger partial charge in [0.15, 0.2) is 10.0 Å². The van der Waals surface area contributed by atoms with Gasteiger partial charge in [-0.2, -0.15) is 0 Å². The first-order valence-electron chi connectivity index (χ1n) is 4.71. The van der Waals surface area contributed by atoms with Crippen LogP contribution in [-0.4, -0.2) is 8.42 Å². The van der Waals surface area contributed by atoms with Gasteiger partial charge in [-0.15, -0.1) is 11.3 Å². The summed E-state index contributed by atoms with van der Waals surface area (Å²) >= 11 is 9.65. The number of halogens is 4. The number of nitrogens with one attached hydrogen (secondary N) is 1. The van der Waals surface area contributed by atoms with Crippen molar-refractivity contribution >= 4 is 54.6 Å². The van der Waals surface area contributed by atoms with E-state index in [9.17, 15) is 17.2 Å². The molecule has 1 heterocycles. The number of thiophene rings is 1. The van der Waals surface area contributed by atoms with Gasteiger partial charge >= 0.3 is 0 Å². The molecule has 1 N–H and O–H groups in total. The predicted molar refractivity (Wildman–Crippen MR) is 74.2 cm³/mol. The van der Waals surface area contributed by atoms with E-state index in [2.05, 4.69) is 15.9 Å². The Labute approximate surface area is 125 Å². The summed E-state index contributed by atoms with van der Waals surface area (Å²) in [4.78, 5) is 0. The van der Waals surface area contributed by atoms with E-state index >= 15 is 0 Å². The van der Waals surface area contributed by atoms with Crippen molar-refractivity contribution in [3.05, 3.63) is 44.7 Å². The lowest BCUT2D eigenvalue weighted by Gasteiger charge is -2.09. The van der Waals surface area contributed by atoms with Gasteiger partial charge in [-0.1, -0.05) is 11.6 Å². The SMILES string of the molecule is O=S(=O)(Nc1c(F)cc(F)cc1Cl)c1sccc1Br. The third-order valence-electron chi connectivity index (χ3n) is 2.07. The molecule has 0 saturated carbocycles. The lowest BCUT2D eigenvalue weighted by atomic mass is 10.3. The topological polar surface area (TPSA) is 46.2 Å². The molecule has 0 unspecified atom stereocenters. The van der Waals surface area contributed by atoms with Crippen LogP contribution in [0, 0.1) is 11.6 Å². The molecular formula is C10H5BrClF2NO2S2. The van der Waals surface area contributed by atoms with Gasteiger partial charge < -0.3 is 0 Å². The van der Waals surface area contributed by atoms with Crippen LogP contribution in [0.2, 0.25) is 5.02 Å². The lowest BCUT2D eigenvalue weighted by molar-refractivity contribution is 0.583. The Hall–Kier alpha value is -0.700. The van der Waals surface area contributed by atoms with Crippen LogP contribution in [-0.2, 0) is 10.0 Å². The highest BCUT2D eigenvalue weighted by molar-refractivity contribution is 9.10. The summed E-state index contributed by atoms with van der Waals surface area (Å²) in [5, 5.41) is 1.20. The maximum atomic E-state index is 13.5. The Kier molecular flexibility index (Phi) is 4.14. The number of hydrogen-bond acceptors (Lipinski definition) is 3. The van der Waals surface area contributed by atoms with Gasteiger partial charge in [-0.25, -0.2) is 17.2 Å². The zero-order valence-electron chi connectivity index (χ0n) is 8.95. The summed E-state index contributed by atoms with van der Waals surface area (Å²) in [5.41, 5.74) is -0.483. The monoisotopic (exact) mass is 387 g/mol. The normalized spacial score (nSPS) is 11.6. The van der Waals surface area contributed by atoms with Gasteiger partial charge in [-0.3, -0.25) is 4.72 Å². The maximum Gasteiger partial charge on any atom is 0.272 e. The second-order valence-electron chi connectivity index (χ2n) is 3.41. The summed E-state index contributed by atoms with van der Waals surface area (Å²) in [6, 6.07) is 2.92. The highest BCUT2D eigenvalue weighted by atomic mass is 79.9. The minimum atomic E-state index is -3.98. The van der Waals surface area contributed by atoms with E-state index in [0.717, 1.165) is 17.4 Å². The van der Waals surface area contributed by atoms with Gasteiger partial charge in [0.25, 0.3) is 10.0 Å². The smallest absolute Gasteiger partial charge is 0.272 e. The Bertz CT molecular complexity index is 710. The Balaban J connectivity index is 2.45. The van der Waals surface area contributed by atoms with Crippen LogP contribution in [0.5, 0.6) is 0 Å². The molecule has 0 amide bonds. The largest absolute Gasteiger partial charge is 0.274 e. The summed E-state index contributed by atoms with van der Waals surface area (Å²) in [6.45, 7) is 0. The van der Waals surface area contributed by atoms with Crippen LogP contribution < -0.4 is 4.72 Å². The van der Waals surface area contributed by atoms with Gasteiger partial charge in [-0.05, 0) is 33.4 Å². The molecule has 0 fully saturated rings. The zero-order valence-corrected chi connectivity index (χ0v) is 12.9. The molecule has 2 aromatic rings. The van der Waals surface area contributed by atoms with Crippen molar-refractivity contribution in [3.8, 4) is 0 Å². The molecule has 9 heteroatoms. The number of sulfonamides is 1. The fourth-order valence-electron chi connectivity index (χ4n) is 1.29. The van der Waals surface area contributed by atoms with E-state index in [1.54, 1.807) is 11.4 Å². The van der Waals surface area contributed by atoms with Crippen LogP contribution in [0.25, 0.3) is 0 Å². The third kappa shape index (κ3) is 3.07. The van der Waals surface area contributed by atoms with Crippen molar-refractivity contribution in [3.63, 3.8) is 0 Å². The molecule has 1 aromatic heterocycles. The molecule has 0 saturated heterocycles. The lowest BCUT2D eigenvalue weighted by Crippen LogP contribution is -2.13. The predicted octanol–water partition coefficient (Wildman–Crippen LogP) is 4.24. The standard InChI is InChI=1S/C10H5BrClF2NO2S2/c11-6-1-2-18-10(6)19(16,17)15-9-7(12)3-5(13)4-8(9)14/h1-4,15H. The zero-order chi connectivity index (χ0) is 14.2. The average molecular weight is 389 g/mol. The Morgan fingerprint density at radius 2 is 2.00 bits per heavy atom. The summed E-state index contributed by atoms with van der Waals surface area (Å²) in [7, 11) is -3.98. The van der Waals surface area contributed by atoms with Crippen molar-refractivity contribution in [1.82, 2.24) is 0 Å². The highest BCUT2D eigenvalue weighted by Gasteiger charge is 2.22. The molecule has 0 aliphatic rings.